The zero-order valence-electron chi connectivity index (χ0n) is 21.0. The summed E-state index contributed by atoms with van der Waals surface area (Å²) in [7, 11) is 3.26. The van der Waals surface area contributed by atoms with Crippen LogP contribution in [0.1, 0.15) is 40.1 Å². The minimum Gasteiger partial charge on any atom is -0.497 e. The van der Waals surface area contributed by atoms with E-state index in [1.165, 1.54) is 0 Å². The van der Waals surface area contributed by atoms with Crippen molar-refractivity contribution in [1.82, 2.24) is 15.1 Å². The highest BCUT2D eigenvalue weighted by Gasteiger charge is 2.42. The lowest BCUT2D eigenvalue weighted by Crippen LogP contribution is -2.31. The molecule has 1 aliphatic rings. The molecule has 0 fully saturated rings. The minimum absolute atomic E-state index is 0.0888. The van der Waals surface area contributed by atoms with Crippen LogP contribution in [0, 0.1) is 0 Å². The maximum Gasteiger partial charge on any atom is 0.273 e. The van der Waals surface area contributed by atoms with E-state index in [9.17, 15) is 4.79 Å². The molecule has 3 aromatic carbocycles. The number of hydrogen-bond donors (Lipinski definition) is 1. The number of hydrogen-bond acceptors (Lipinski definition) is 5. The molecule has 0 radical (unpaired) electrons. The fourth-order valence-corrected chi connectivity index (χ4v) is 4.90. The summed E-state index contributed by atoms with van der Waals surface area (Å²) in [6, 6.07) is 20.9. The van der Waals surface area contributed by atoms with Gasteiger partial charge in [0.25, 0.3) is 5.91 Å². The van der Waals surface area contributed by atoms with Crippen molar-refractivity contribution >= 4 is 17.5 Å². The van der Waals surface area contributed by atoms with E-state index in [-0.39, 0.29) is 11.9 Å². The highest BCUT2D eigenvalue weighted by molar-refractivity contribution is 6.30. The molecule has 0 saturated carbocycles. The molecule has 0 spiro atoms. The molecule has 2 heterocycles. The Labute approximate surface area is 220 Å². The molecule has 1 aliphatic heterocycles. The Morgan fingerprint density at radius 1 is 0.973 bits per heavy atom. The predicted octanol–water partition coefficient (Wildman–Crippen LogP) is 5.93. The van der Waals surface area contributed by atoms with Crippen LogP contribution >= 0.6 is 11.6 Å². The van der Waals surface area contributed by atoms with Crippen LogP contribution in [0.3, 0.4) is 0 Å². The monoisotopic (exact) mass is 517 g/mol. The van der Waals surface area contributed by atoms with Crippen molar-refractivity contribution in [3.8, 4) is 28.5 Å². The summed E-state index contributed by atoms with van der Waals surface area (Å²) in [5.41, 5.74) is 4.98. The summed E-state index contributed by atoms with van der Waals surface area (Å²) >= 11 is 6.13. The number of rotatable bonds is 9. The molecule has 1 amide bonds. The molecule has 1 unspecified atom stereocenters. The van der Waals surface area contributed by atoms with Crippen molar-refractivity contribution in [2.24, 2.45) is 0 Å². The first kappa shape index (κ1) is 24.7. The van der Waals surface area contributed by atoms with Crippen LogP contribution in [0.2, 0.25) is 5.02 Å². The Morgan fingerprint density at radius 3 is 2.41 bits per heavy atom. The Balaban J connectivity index is 1.56. The Hall–Kier alpha value is -3.97. The normalized spacial score (nSPS) is 14.5. The smallest absolute Gasteiger partial charge is 0.273 e. The largest absolute Gasteiger partial charge is 0.497 e. The van der Waals surface area contributed by atoms with Crippen molar-refractivity contribution in [1.29, 1.82) is 0 Å². The molecule has 1 N–H and O–H groups in total. The van der Waals surface area contributed by atoms with Crippen molar-refractivity contribution in [2.45, 2.75) is 19.4 Å². The zero-order valence-corrected chi connectivity index (χ0v) is 21.7. The number of halogens is 1. The molecule has 5 rings (SSSR count). The third-order valence-corrected chi connectivity index (χ3v) is 6.84. The Kier molecular flexibility index (Phi) is 7.06. The zero-order chi connectivity index (χ0) is 25.9. The van der Waals surface area contributed by atoms with Crippen LogP contribution in [0.15, 0.2) is 66.7 Å². The van der Waals surface area contributed by atoms with Crippen LogP contribution in [-0.4, -0.2) is 48.4 Å². The van der Waals surface area contributed by atoms with Gasteiger partial charge in [-0.2, -0.15) is 5.10 Å². The lowest BCUT2D eigenvalue weighted by Gasteiger charge is -2.27. The number of methoxy groups -OCH3 is 2. The predicted molar refractivity (Wildman–Crippen MR) is 143 cm³/mol. The van der Waals surface area contributed by atoms with Crippen molar-refractivity contribution in [2.75, 3.05) is 27.4 Å². The van der Waals surface area contributed by atoms with Crippen molar-refractivity contribution in [3.05, 3.63) is 94.1 Å². The van der Waals surface area contributed by atoms with E-state index in [1.807, 2.05) is 78.6 Å². The number of carbonyl (C=O) groups excluding carboxylic acids is 1. The fraction of sp³-hybridized carbons (Fsp3) is 0.241. The van der Waals surface area contributed by atoms with Crippen LogP contribution in [0.25, 0.3) is 11.3 Å². The van der Waals surface area contributed by atoms with Crippen molar-refractivity contribution < 1.29 is 19.0 Å². The molecule has 7 nitrogen and oxygen atoms in total. The molecular weight excluding hydrogens is 490 g/mol. The summed E-state index contributed by atoms with van der Waals surface area (Å²) in [6.45, 7) is 2.98. The lowest BCUT2D eigenvalue weighted by atomic mass is 9.95. The minimum atomic E-state index is -0.352. The fourth-order valence-electron chi connectivity index (χ4n) is 4.77. The number of carbonyl (C=O) groups is 1. The topological polar surface area (TPSA) is 76.7 Å². The third-order valence-electron chi connectivity index (χ3n) is 6.59. The molecule has 8 heteroatoms. The molecule has 0 bridgehead atoms. The van der Waals surface area contributed by atoms with E-state index in [1.54, 1.807) is 14.2 Å². The van der Waals surface area contributed by atoms with Gasteiger partial charge < -0.3 is 19.1 Å². The van der Waals surface area contributed by atoms with Crippen LogP contribution < -0.4 is 14.2 Å². The molecule has 0 aliphatic carbocycles. The van der Waals surface area contributed by atoms with E-state index in [0.717, 1.165) is 33.7 Å². The maximum atomic E-state index is 13.7. The van der Waals surface area contributed by atoms with Crippen LogP contribution in [-0.2, 0) is 6.42 Å². The highest BCUT2D eigenvalue weighted by atomic mass is 35.5. The van der Waals surface area contributed by atoms with Gasteiger partial charge in [-0.15, -0.1) is 0 Å². The molecule has 1 aromatic heterocycles. The number of benzene rings is 3. The first-order valence-corrected chi connectivity index (χ1v) is 12.5. The van der Waals surface area contributed by atoms with Gasteiger partial charge in [0, 0.05) is 22.7 Å². The second-order valence-electron chi connectivity index (χ2n) is 8.71. The maximum absolute atomic E-state index is 13.7. The van der Waals surface area contributed by atoms with Gasteiger partial charge in [-0.25, -0.2) is 0 Å². The van der Waals surface area contributed by atoms with E-state index < -0.39 is 0 Å². The van der Waals surface area contributed by atoms with E-state index in [0.29, 0.717) is 41.8 Å². The standard InChI is InChI=1S/C29H28ClN3O4/c1-4-37-23-14-9-20(17-24(23)36-3)28-25-26(19-7-10-21(30)11-8-19)31-32-27(25)29(34)33(28)16-15-18-5-12-22(35-2)13-6-18/h5-14,17,28H,4,15-16H2,1-3H3,(H,31,32). The van der Waals surface area contributed by atoms with Gasteiger partial charge in [0.15, 0.2) is 11.5 Å². The van der Waals surface area contributed by atoms with Crippen LogP contribution in [0.4, 0.5) is 0 Å². The SMILES string of the molecule is CCOc1ccc(C2c3c(-c4ccc(Cl)cc4)n[nH]c3C(=O)N2CCc2ccc(OC)cc2)cc1OC. The van der Waals surface area contributed by atoms with Gasteiger partial charge >= 0.3 is 0 Å². The van der Waals surface area contributed by atoms with E-state index in [2.05, 4.69) is 10.2 Å². The summed E-state index contributed by atoms with van der Waals surface area (Å²) < 4.78 is 16.6. The summed E-state index contributed by atoms with van der Waals surface area (Å²) in [5.74, 6) is 1.99. The van der Waals surface area contributed by atoms with Crippen molar-refractivity contribution in [3.63, 3.8) is 0 Å². The number of nitrogens with zero attached hydrogens (tertiary/aromatic N) is 2. The lowest BCUT2D eigenvalue weighted by molar-refractivity contribution is 0.0745. The molecule has 37 heavy (non-hydrogen) atoms. The first-order chi connectivity index (χ1) is 18.0. The van der Waals surface area contributed by atoms with E-state index in [4.69, 9.17) is 25.8 Å². The second kappa shape index (κ2) is 10.6. The number of ether oxygens (including phenoxy) is 3. The van der Waals surface area contributed by atoms with Gasteiger partial charge in [-0.3, -0.25) is 9.89 Å². The third kappa shape index (κ3) is 4.74. The number of nitrogens with one attached hydrogen (secondary N) is 1. The average molecular weight is 518 g/mol. The van der Waals surface area contributed by atoms with Crippen LogP contribution in [0.5, 0.6) is 17.2 Å². The summed E-state index contributed by atoms with van der Waals surface area (Å²) in [4.78, 5) is 15.6. The van der Waals surface area contributed by atoms with Gasteiger partial charge in [-0.05, 0) is 60.9 Å². The first-order valence-electron chi connectivity index (χ1n) is 12.1. The van der Waals surface area contributed by atoms with Gasteiger partial charge in [0.2, 0.25) is 0 Å². The number of aromatic nitrogens is 2. The number of amides is 1. The second-order valence-corrected chi connectivity index (χ2v) is 9.15. The molecular formula is C29H28ClN3O4. The number of H-pyrrole nitrogens is 1. The quantitative estimate of drug-likeness (QED) is 0.297. The molecule has 1 atom stereocenters. The van der Waals surface area contributed by atoms with Gasteiger partial charge in [0.05, 0.1) is 32.6 Å². The Bertz CT molecular complexity index is 1400. The molecule has 190 valence electrons. The number of aromatic amines is 1. The van der Waals surface area contributed by atoms with E-state index >= 15 is 0 Å². The summed E-state index contributed by atoms with van der Waals surface area (Å²) in [5, 5.41) is 8.19. The average Bonchev–Trinajstić information content (AvgIpc) is 3.47. The molecule has 4 aromatic rings. The Morgan fingerprint density at radius 2 is 1.73 bits per heavy atom. The van der Waals surface area contributed by atoms with Gasteiger partial charge in [0.1, 0.15) is 11.4 Å². The molecule has 0 saturated heterocycles. The highest BCUT2D eigenvalue weighted by Crippen LogP contribution is 2.44. The number of fused-ring (bicyclic) bond motifs is 1. The summed E-state index contributed by atoms with van der Waals surface area (Å²) in [6.07, 6.45) is 0.689. The van der Waals surface area contributed by atoms with Gasteiger partial charge in [-0.1, -0.05) is 41.9 Å².